The van der Waals surface area contributed by atoms with E-state index in [0.29, 0.717) is 12.1 Å². The van der Waals surface area contributed by atoms with Crippen molar-refractivity contribution in [2.45, 2.75) is 52.2 Å². The van der Waals surface area contributed by atoms with Crippen molar-refractivity contribution >= 4 is 5.91 Å². The molecule has 1 spiro atoms. The van der Waals surface area contributed by atoms with E-state index in [1.165, 1.54) is 0 Å². The summed E-state index contributed by atoms with van der Waals surface area (Å²) in [5, 5.41) is 0. The molecule has 0 N–H and O–H groups in total. The van der Waals surface area contributed by atoms with Crippen molar-refractivity contribution in [3.63, 3.8) is 0 Å². The molecule has 28 heavy (non-hydrogen) atoms. The third kappa shape index (κ3) is 5.13. The lowest BCUT2D eigenvalue weighted by atomic mass is 9.76. The highest BCUT2D eigenvalue weighted by atomic mass is 16.5. The van der Waals surface area contributed by atoms with Crippen LogP contribution in [0, 0.1) is 12.3 Å². The Balaban J connectivity index is 1.52. The van der Waals surface area contributed by atoms with Gasteiger partial charge in [0, 0.05) is 44.9 Å². The number of methoxy groups -OCH3 is 1. The highest BCUT2D eigenvalue weighted by Gasteiger charge is 2.43. The Morgan fingerprint density at radius 2 is 2.11 bits per heavy atom. The van der Waals surface area contributed by atoms with Crippen LogP contribution in [0.15, 0.2) is 24.3 Å². The standard InChI is InChI=1S/C23H36N2O3/c1-18(2)25(12-13-27-4)16-21-15-23(17-28-21)8-10-24(11-9-23)22(26)20-7-5-6-19(3)14-20/h5-7,14,18,21H,8-13,15-17H2,1-4H3/t21-/m0/s1. The number of likely N-dealkylation sites (tertiary alicyclic amines) is 1. The normalized spacial score (nSPS) is 21.8. The summed E-state index contributed by atoms with van der Waals surface area (Å²) in [4.78, 5) is 17.3. The molecule has 0 aromatic heterocycles. The van der Waals surface area contributed by atoms with Crippen LogP contribution in [0.25, 0.3) is 0 Å². The first-order chi connectivity index (χ1) is 13.4. The lowest BCUT2D eigenvalue weighted by Crippen LogP contribution is -2.44. The molecule has 1 atom stereocenters. The summed E-state index contributed by atoms with van der Waals surface area (Å²) in [6.45, 7) is 11.7. The number of piperidine rings is 1. The van der Waals surface area contributed by atoms with Gasteiger partial charge in [-0.1, -0.05) is 17.7 Å². The van der Waals surface area contributed by atoms with E-state index in [9.17, 15) is 4.79 Å². The molecule has 3 rings (SSSR count). The number of hydrogen-bond acceptors (Lipinski definition) is 4. The minimum Gasteiger partial charge on any atom is -0.383 e. The van der Waals surface area contributed by atoms with Crippen molar-refractivity contribution in [2.75, 3.05) is 46.5 Å². The molecule has 0 radical (unpaired) electrons. The summed E-state index contributed by atoms with van der Waals surface area (Å²) >= 11 is 0. The van der Waals surface area contributed by atoms with Gasteiger partial charge in [0.1, 0.15) is 0 Å². The lowest BCUT2D eigenvalue weighted by molar-refractivity contribution is 0.0366. The fourth-order valence-corrected chi connectivity index (χ4v) is 4.54. The van der Waals surface area contributed by atoms with Crippen LogP contribution in [-0.4, -0.2) is 74.4 Å². The van der Waals surface area contributed by atoms with Gasteiger partial charge in [-0.15, -0.1) is 0 Å². The maximum Gasteiger partial charge on any atom is 0.253 e. The fraction of sp³-hybridized carbons (Fsp3) is 0.696. The average Bonchev–Trinajstić information content (AvgIpc) is 3.07. The molecule has 1 amide bonds. The molecule has 5 nitrogen and oxygen atoms in total. The number of rotatable bonds is 7. The minimum absolute atomic E-state index is 0.166. The van der Waals surface area contributed by atoms with Crippen LogP contribution in [0.5, 0.6) is 0 Å². The van der Waals surface area contributed by atoms with Gasteiger partial charge in [0.05, 0.1) is 19.3 Å². The fourth-order valence-electron chi connectivity index (χ4n) is 4.54. The summed E-state index contributed by atoms with van der Waals surface area (Å²) in [7, 11) is 1.76. The Labute approximate surface area is 170 Å². The quantitative estimate of drug-likeness (QED) is 0.718. The number of ether oxygens (including phenoxy) is 2. The molecule has 0 bridgehead atoms. The topological polar surface area (TPSA) is 42.0 Å². The number of aryl methyl sites for hydroxylation is 1. The predicted molar refractivity (Wildman–Crippen MR) is 112 cm³/mol. The molecular formula is C23H36N2O3. The third-order valence-electron chi connectivity index (χ3n) is 6.41. The summed E-state index contributed by atoms with van der Waals surface area (Å²) in [5.74, 6) is 0.166. The van der Waals surface area contributed by atoms with E-state index in [1.54, 1.807) is 7.11 Å². The van der Waals surface area contributed by atoms with E-state index in [0.717, 1.165) is 69.8 Å². The Morgan fingerprint density at radius 1 is 1.36 bits per heavy atom. The highest BCUT2D eigenvalue weighted by molar-refractivity contribution is 5.94. The van der Waals surface area contributed by atoms with Gasteiger partial charge in [-0.25, -0.2) is 0 Å². The maximum atomic E-state index is 12.8. The number of hydrogen-bond donors (Lipinski definition) is 0. The van der Waals surface area contributed by atoms with E-state index in [2.05, 4.69) is 18.7 Å². The molecule has 2 heterocycles. The molecule has 0 unspecified atom stereocenters. The van der Waals surface area contributed by atoms with Crippen molar-refractivity contribution < 1.29 is 14.3 Å². The van der Waals surface area contributed by atoms with Crippen LogP contribution in [0.4, 0.5) is 0 Å². The SMILES string of the molecule is COCCN(C[C@@H]1CC2(CCN(C(=O)c3cccc(C)c3)CC2)CO1)C(C)C. The van der Waals surface area contributed by atoms with E-state index < -0.39 is 0 Å². The van der Waals surface area contributed by atoms with Crippen molar-refractivity contribution in [3.05, 3.63) is 35.4 Å². The third-order valence-corrected chi connectivity index (χ3v) is 6.41. The number of carbonyl (C=O) groups excluding carboxylic acids is 1. The summed E-state index contributed by atoms with van der Waals surface area (Å²) < 4.78 is 11.5. The van der Waals surface area contributed by atoms with Crippen LogP contribution < -0.4 is 0 Å². The van der Waals surface area contributed by atoms with Crippen LogP contribution in [0.2, 0.25) is 0 Å². The average molecular weight is 389 g/mol. The molecule has 2 fully saturated rings. The Hall–Kier alpha value is -1.43. The first-order valence-corrected chi connectivity index (χ1v) is 10.6. The van der Waals surface area contributed by atoms with Crippen LogP contribution in [0.1, 0.15) is 49.0 Å². The summed E-state index contributed by atoms with van der Waals surface area (Å²) in [6, 6.07) is 8.40. The second-order valence-electron chi connectivity index (χ2n) is 8.88. The van der Waals surface area contributed by atoms with Gasteiger partial charge in [0.25, 0.3) is 5.91 Å². The zero-order chi connectivity index (χ0) is 20.1. The second-order valence-corrected chi connectivity index (χ2v) is 8.88. The zero-order valence-corrected chi connectivity index (χ0v) is 17.9. The monoisotopic (exact) mass is 388 g/mol. The summed E-state index contributed by atoms with van der Waals surface area (Å²) in [6.07, 6.45) is 3.48. The van der Waals surface area contributed by atoms with Gasteiger partial charge in [-0.2, -0.15) is 0 Å². The molecule has 2 saturated heterocycles. The van der Waals surface area contributed by atoms with Gasteiger partial charge in [0.2, 0.25) is 0 Å². The van der Waals surface area contributed by atoms with E-state index in [4.69, 9.17) is 9.47 Å². The Bertz CT molecular complexity index is 653. The largest absolute Gasteiger partial charge is 0.383 e. The zero-order valence-electron chi connectivity index (χ0n) is 17.9. The smallest absolute Gasteiger partial charge is 0.253 e. The molecule has 0 saturated carbocycles. The number of carbonyl (C=O) groups is 1. The van der Waals surface area contributed by atoms with Crippen LogP contribution in [-0.2, 0) is 9.47 Å². The Kier molecular flexibility index (Phi) is 7.13. The van der Waals surface area contributed by atoms with Gasteiger partial charge in [-0.3, -0.25) is 9.69 Å². The first-order valence-electron chi connectivity index (χ1n) is 10.6. The maximum absolute atomic E-state index is 12.8. The molecule has 156 valence electrons. The number of benzene rings is 1. The number of amides is 1. The molecule has 2 aliphatic rings. The highest BCUT2D eigenvalue weighted by Crippen LogP contribution is 2.42. The van der Waals surface area contributed by atoms with E-state index >= 15 is 0 Å². The summed E-state index contributed by atoms with van der Waals surface area (Å²) in [5.41, 5.74) is 2.19. The molecule has 2 aliphatic heterocycles. The molecule has 1 aromatic rings. The molecular weight excluding hydrogens is 352 g/mol. The molecule has 5 heteroatoms. The minimum atomic E-state index is 0.166. The van der Waals surface area contributed by atoms with Crippen molar-refractivity contribution in [1.29, 1.82) is 0 Å². The first kappa shape index (κ1) is 21.3. The van der Waals surface area contributed by atoms with Gasteiger partial charge < -0.3 is 14.4 Å². The van der Waals surface area contributed by atoms with Crippen molar-refractivity contribution in [1.82, 2.24) is 9.80 Å². The van der Waals surface area contributed by atoms with E-state index in [1.807, 2.05) is 36.1 Å². The second kappa shape index (κ2) is 9.38. The molecule has 0 aliphatic carbocycles. The lowest BCUT2D eigenvalue weighted by Gasteiger charge is -2.38. The van der Waals surface area contributed by atoms with Gasteiger partial charge in [-0.05, 0) is 57.6 Å². The van der Waals surface area contributed by atoms with Crippen molar-refractivity contribution in [2.24, 2.45) is 5.41 Å². The van der Waals surface area contributed by atoms with Gasteiger partial charge in [0.15, 0.2) is 0 Å². The Morgan fingerprint density at radius 3 is 2.75 bits per heavy atom. The van der Waals surface area contributed by atoms with E-state index in [-0.39, 0.29) is 11.3 Å². The predicted octanol–water partition coefficient (Wildman–Crippen LogP) is 3.36. The van der Waals surface area contributed by atoms with Gasteiger partial charge >= 0.3 is 0 Å². The molecule has 1 aromatic carbocycles. The van der Waals surface area contributed by atoms with Crippen molar-refractivity contribution in [3.8, 4) is 0 Å². The van der Waals surface area contributed by atoms with Crippen LogP contribution in [0.3, 0.4) is 0 Å². The van der Waals surface area contributed by atoms with Crippen LogP contribution >= 0.6 is 0 Å². The number of nitrogens with zero attached hydrogens (tertiary/aromatic N) is 2.